The first-order valence-corrected chi connectivity index (χ1v) is 5.02. The minimum absolute atomic E-state index is 0.705. The maximum absolute atomic E-state index is 13.5. The lowest BCUT2D eigenvalue weighted by Crippen LogP contribution is -2.08. The highest BCUT2D eigenvalue weighted by atomic mass is 19.1. The molecule has 1 nitrogen and oxygen atoms in total. The lowest BCUT2D eigenvalue weighted by Gasteiger charge is -2.14. The number of hydrogen-bond acceptors (Lipinski definition) is 1. The highest BCUT2D eigenvalue weighted by Gasteiger charge is 2.17. The third kappa shape index (κ3) is 3.11. The van der Waals surface area contributed by atoms with Crippen molar-refractivity contribution >= 4 is 0 Å². The molecule has 78 valence electrons. The van der Waals surface area contributed by atoms with Crippen molar-refractivity contribution in [2.45, 2.75) is 32.4 Å². The molecule has 0 fully saturated rings. The van der Waals surface area contributed by atoms with E-state index >= 15 is 0 Å². The quantitative estimate of drug-likeness (QED) is 0.785. The summed E-state index contributed by atoms with van der Waals surface area (Å²) in [6.07, 6.45) is 1.96. The molecule has 0 bridgehead atoms. The molecule has 0 spiro atoms. The van der Waals surface area contributed by atoms with Crippen LogP contribution in [-0.2, 0) is 12.1 Å². The minimum atomic E-state index is -1.24. The lowest BCUT2D eigenvalue weighted by atomic mass is 9.98. The van der Waals surface area contributed by atoms with E-state index in [4.69, 9.17) is 5.73 Å². The first kappa shape index (κ1) is 11.2. The van der Waals surface area contributed by atoms with E-state index in [1.165, 1.54) is 5.56 Å². The third-order valence-electron chi connectivity index (χ3n) is 2.31. The van der Waals surface area contributed by atoms with Gasteiger partial charge in [-0.2, -0.15) is 0 Å². The zero-order valence-corrected chi connectivity index (χ0v) is 8.89. The third-order valence-corrected chi connectivity index (χ3v) is 2.31. The first-order valence-electron chi connectivity index (χ1n) is 5.02. The summed E-state index contributed by atoms with van der Waals surface area (Å²) < 4.78 is 13.5. The minimum Gasteiger partial charge on any atom is -0.330 e. The normalized spacial score (nSPS) is 11.7. The molecule has 0 unspecified atom stereocenters. The Labute approximate surface area is 85.1 Å². The summed E-state index contributed by atoms with van der Waals surface area (Å²) in [7, 11) is 0. The molecule has 0 saturated heterocycles. The standard InChI is InChI=1S/C12H18FN/c1-12(2,13)11-7-5-10(6-8-11)4-3-9-14/h5-8H,3-4,9,14H2,1-2H3. The van der Waals surface area contributed by atoms with Crippen molar-refractivity contribution in [3.05, 3.63) is 35.4 Å². The summed E-state index contributed by atoms with van der Waals surface area (Å²) in [5, 5.41) is 0. The van der Waals surface area contributed by atoms with Gasteiger partial charge < -0.3 is 5.73 Å². The Hall–Kier alpha value is -0.890. The van der Waals surface area contributed by atoms with Gasteiger partial charge in [-0.1, -0.05) is 24.3 Å². The van der Waals surface area contributed by atoms with Gasteiger partial charge in [-0.25, -0.2) is 4.39 Å². The number of rotatable bonds is 4. The summed E-state index contributed by atoms with van der Waals surface area (Å²) in [5.74, 6) is 0. The summed E-state index contributed by atoms with van der Waals surface area (Å²) >= 11 is 0. The molecule has 0 aliphatic heterocycles. The zero-order chi connectivity index (χ0) is 10.6. The van der Waals surface area contributed by atoms with Crippen LogP contribution in [0.1, 0.15) is 31.4 Å². The Morgan fingerprint density at radius 2 is 1.79 bits per heavy atom. The average molecular weight is 195 g/mol. The van der Waals surface area contributed by atoms with Crippen LogP contribution < -0.4 is 5.73 Å². The smallest absolute Gasteiger partial charge is 0.130 e. The molecule has 0 heterocycles. The Kier molecular flexibility index (Phi) is 3.64. The molecule has 0 aromatic heterocycles. The van der Waals surface area contributed by atoms with E-state index in [1.807, 2.05) is 24.3 Å². The van der Waals surface area contributed by atoms with Crippen molar-refractivity contribution in [2.75, 3.05) is 6.54 Å². The van der Waals surface area contributed by atoms with Gasteiger partial charge in [0.05, 0.1) is 0 Å². The van der Waals surface area contributed by atoms with Crippen LogP contribution in [-0.4, -0.2) is 6.54 Å². The van der Waals surface area contributed by atoms with Crippen molar-refractivity contribution in [1.82, 2.24) is 0 Å². The average Bonchev–Trinajstić information content (AvgIpc) is 2.14. The number of nitrogens with two attached hydrogens (primary N) is 1. The Balaban J connectivity index is 2.69. The molecule has 1 aromatic rings. The van der Waals surface area contributed by atoms with Crippen molar-refractivity contribution in [3.63, 3.8) is 0 Å². The Morgan fingerprint density at radius 3 is 2.21 bits per heavy atom. The number of benzene rings is 1. The molecule has 1 rings (SSSR count). The van der Waals surface area contributed by atoms with Gasteiger partial charge in [-0.15, -0.1) is 0 Å². The topological polar surface area (TPSA) is 26.0 Å². The van der Waals surface area contributed by atoms with Gasteiger partial charge in [-0.05, 0) is 44.4 Å². The van der Waals surface area contributed by atoms with E-state index in [-0.39, 0.29) is 0 Å². The van der Waals surface area contributed by atoms with Crippen LogP contribution in [0.25, 0.3) is 0 Å². The Morgan fingerprint density at radius 1 is 1.21 bits per heavy atom. The zero-order valence-electron chi connectivity index (χ0n) is 8.89. The fourth-order valence-electron chi connectivity index (χ4n) is 1.37. The van der Waals surface area contributed by atoms with Crippen LogP contribution >= 0.6 is 0 Å². The van der Waals surface area contributed by atoms with Crippen molar-refractivity contribution in [3.8, 4) is 0 Å². The summed E-state index contributed by atoms with van der Waals surface area (Å²) in [6.45, 7) is 3.85. The molecule has 0 amide bonds. The Bertz CT molecular complexity index is 271. The van der Waals surface area contributed by atoms with Crippen molar-refractivity contribution in [2.24, 2.45) is 5.73 Å². The summed E-state index contributed by atoms with van der Waals surface area (Å²) in [5.41, 5.74) is 6.13. The fourth-order valence-corrected chi connectivity index (χ4v) is 1.37. The summed E-state index contributed by atoms with van der Waals surface area (Å²) in [6, 6.07) is 7.66. The molecule has 2 N–H and O–H groups in total. The van der Waals surface area contributed by atoms with E-state index in [2.05, 4.69) is 0 Å². The van der Waals surface area contributed by atoms with E-state index in [9.17, 15) is 4.39 Å². The monoisotopic (exact) mass is 195 g/mol. The van der Waals surface area contributed by atoms with Gasteiger partial charge in [0.2, 0.25) is 0 Å². The van der Waals surface area contributed by atoms with Gasteiger partial charge in [0.15, 0.2) is 0 Å². The van der Waals surface area contributed by atoms with E-state index < -0.39 is 5.67 Å². The number of hydrogen-bond donors (Lipinski definition) is 1. The highest BCUT2D eigenvalue weighted by molar-refractivity contribution is 5.26. The number of alkyl halides is 1. The van der Waals surface area contributed by atoms with Crippen LogP contribution in [0.2, 0.25) is 0 Å². The van der Waals surface area contributed by atoms with Gasteiger partial charge in [0.25, 0.3) is 0 Å². The van der Waals surface area contributed by atoms with Crippen LogP contribution in [0.15, 0.2) is 24.3 Å². The van der Waals surface area contributed by atoms with Crippen LogP contribution in [0.4, 0.5) is 4.39 Å². The van der Waals surface area contributed by atoms with Gasteiger partial charge in [-0.3, -0.25) is 0 Å². The second-order valence-electron chi connectivity index (χ2n) is 4.06. The van der Waals surface area contributed by atoms with Crippen LogP contribution in [0.3, 0.4) is 0 Å². The van der Waals surface area contributed by atoms with Gasteiger partial charge >= 0.3 is 0 Å². The molecule has 0 saturated carbocycles. The first-order chi connectivity index (χ1) is 6.54. The van der Waals surface area contributed by atoms with Gasteiger partial charge in [0.1, 0.15) is 5.67 Å². The van der Waals surface area contributed by atoms with E-state index in [0.717, 1.165) is 18.4 Å². The summed E-state index contributed by atoms with van der Waals surface area (Å²) in [4.78, 5) is 0. The molecule has 0 atom stereocenters. The van der Waals surface area contributed by atoms with E-state index in [1.54, 1.807) is 13.8 Å². The second kappa shape index (κ2) is 4.56. The largest absolute Gasteiger partial charge is 0.330 e. The molecule has 2 heteroatoms. The predicted octanol–water partition coefficient (Wildman–Crippen LogP) is 2.78. The molecule has 1 aromatic carbocycles. The fraction of sp³-hybridized carbons (Fsp3) is 0.500. The van der Waals surface area contributed by atoms with Crippen LogP contribution in [0, 0.1) is 0 Å². The maximum atomic E-state index is 13.5. The number of halogens is 1. The van der Waals surface area contributed by atoms with Crippen LogP contribution in [0.5, 0.6) is 0 Å². The maximum Gasteiger partial charge on any atom is 0.130 e. The predicted molar refractivity (Wildman–Crippen MR) is 58.0 cm³/mol. The van der Waals surface area contributed by atoms with E-state index in [0.29, 0.717) is 6.54 Å². The number of aryl methyl sites for hydroxylation is 1. The highest BCUT2D eigenvalue weighted by Crippen LogP contribution is 2.24. The lowest BCUT2D eigenvalue weighted by molar-refractivity contribution is 0.221. The van der Waals surface area contributed by atoms with Gasteiger partial charge in [0, 0.05) is 0 Å². The molecular weight excluding hydrogens is 177 g/mol. The van der Waals surface area contributed by atoms with Crippen molar-refractivity contribution in [1.29, 1.82) is 0 Å². The molecule has 14 heavy (non-hydrogen) atoms. The molecule has 0 aliphatic carbocycles. The molecule has 0 radical (unpaired) electrons. The van der Waals surface area contributed by atoms with Crippen molar-refractivity contribution < 1.29 is 4.39 Å². The second-order valence-corrected chi connectivity index (χ2v) is 4.06. The molecule has 0 aliphatic rings. The SMILES string of the molecule is CC(C)(F)c1ccc(CCCN)cc1. The molecular formula is C12H18FN.